The number of benzene rings is 1. The van der Waals surface area contributed by atoms with Crippen LogP contribution in [0.2, 0.25) is 0 Å². The molecule has 0 saturated heterocycles. The molecular formula is C14H19FN2O3. The molecule has 1 aliphatic rings. The Morgan fingerprint density at radius 2 is 2.35 bits per heavy atom. The molecule has 0 bridgehead atoms. The summed E-state index contributed by atoms with van der Waals surface area (Å²) < 4.78 is 13.6. The van der Waals surface area contributed by atoms with Crippen molar-refractivity contribution in [2.45, 2.75) is 38.1 Å². The quantitative estimate of drug-likeness (QED) is 0.657. The van der Waals surface area contributed by atoms with Crippen LogP contribution < -0.4 is 5.32 Å². The summed E-state index contributed by atoms with van der Waals surface area (Å²) in [6.07, 6.45) is 3.46. The number of aliphatic hydroxyl groups is 1. The highest BCUT2D eigenvalue weighted by Gasteiger charge is 2.36. The summed E-state index contributed by atoms with van der Waals surface area (Å²) in [4.78, 5) is 10.3. The Bertz CT molecular complexity index is 509. The van der Waals surface area contributed by atoms with Crippen LogP contribution in [0.25, 0.3) is 0 Å². The van der Waals surface area contributed by atoms with Crippen LogP contribution in [0.3, 0.4) is 0 Å². The molecule has 1 fully saturated rings. The lowest BCUT2D eigenvalue weighted by molar-refractivity contribution is -0.386. The monoisotopic (exact) mass is 282 g/mol. The van der Waals surface area contributed by atoms with Gasteiger partial charge in [0.25, 0.3) is 0 Å². The smallest absolute Gasteiger partial charge is 0.327 e. The van der Waals surface area contributed by atoms with Gasteiger partial charge in [-0.2, -0.15) is 4.39 Å². The van der Waals surface area contributed by atoms with E-state index < -0.39 is 22.0 Å². The van der Waals surface area contributed by atoms with E-state index in [1.807, 2.05) is 0 Å². The summed E-state index contributed by atoms with van der Waals surface area (Å²) in [5, 5.41) is 23.7. The fourth-order valence-corrected chi connectivity index (χ4v) is 3.04. The molecule has 0 amide bonds. The SMILES string of the molecule is CC1CCCC(CO)(Nc2cccc(F)c2[N+](=O)[O-])C1. The molecule has 5 nitrogen and oxygen atoms in total. The molecule has 0 radical (unpaired) electrons. The van der Waals surface area contributed by atoms with Crippen LogP contribution >= 0.6 is 0 Å². The van der Waals surface area contributed by atoms with Gasteiger partial charge in [-0.1, -0.05) is 25.8 Å². The number of para-hydroxylation sites is 1. The fraction of sp³-hybridized carbons (Fsp3) is 0.571. The van der Waals surface area contributed by atoms with E-state index >= 15 is 0 Å². The highest BCUT2D eigenvalue weighted by atomic mass is 19.1. The van der Waals surface area contributed by atoms with Crippen LogP contribution in [-0.4, -0.2) is 22.2 Å². The van der Waals surface area contributed by atoms with Crippen molar-refractivity contribution < 1.29 is 14.4 Å². The van der Waals surface area contributed by atoms with Crippen molar-refractivity contribution in [3.63, 3.8) is 0 Å². The van der Waals surface area contributed by atoms with Crippen LogP contribution in [-0.2, 0) is 0 Å². The van der Waals surface area contributed by atoms with Gasteiger partial charge in [0.2, 0.25) is 5.82 Å². The van der Waals surface area contributed by atoms with E-state index in [0.29, 0.717) is 5.92 Å². The zero-order valence-corrected chi connectivity index (χ0v) is 11.4. The van der Waals surface area contributed by atoms with Gasteiger partial charge in [-0.15, -0.1) is 0 Å². The number of aliphatic hydroxyl groups excluding tert-OH is 1. The number of nitrogens with zero attached hydrogens (tertiary/aromatic N) is 1. The van der Waals surface area contributed by atoms with Gasteiger partial charge in [-0.05, 0) is 30.9 Å². The average molecular weight is 282 g/mol. The number of hydrogen-bond acceptors (Lipinski definition) is 4. The van der Waals surface area contributed by atoms with Gasteiger partial charge in [-0.25, -0.2) is 0 Å². The third kappa shape index (κ3) is 2.90. The molecule has 20 heavy (non-hydrogen) atoms. The Morgan fingerprint density at radius 3 is 2.95 bits per heavy atom. The first-order valence-electron chi connectivity index (χ1n) is 6.79. The van der Waals surface area contributed by atoms with E-state index in [1.54, 1.807) is 0 Å². The Balaban J connectivity index is 2.32. The van der Waals surface area contributed by atoms with Crippen LogP contribution in [0.15, 0.2) is 18.2 Å². The molecule has 2 rings (SSSR count). The zero-order chi connectivity index (χ0) is 14.8. The number of nitrogens with one attached hydrogen (secondary N) is 1. The van der Waals surface area contributed by atoms with Crippen LogP contribution in [0.5, 0.6) is 0 Å². The number of halogens is 1. The molecule has 1 saturated carbocycles. The number of hydrogen-bond donors (Lipinski definition) is 2. The lowest BCUT2D eigenvalue weighted by Gasteiger charge is -2.40. The second kappa shape index (κ2) is 5.75. The molecule has 110 valence electrons. The molecular weight excluding hydrogens is 263 g/mol. The summed E-state index contributed by atoms with van der Waals surface area (Å²) in [5.41, 5.74) is -1.02. The predicted octanol–water partition coefficient (Wildman–Crippen LogP) is 3.09. The average Bonchev–Trinajstić information content (AvgIpc) is 2.38. The van der Waals surface area contributed by atoms with Crippen molar-refractivity contribution in [1.82, 2.24) is 0 Å². The molecule has 1 aromatic carbocycles. The zero-order valence-electron chi connectivity index (χ0n) is 11.4. The molecule has 0 spiro atoms. The lowest BCUT2D eigenvalue weighted by atomic mass is 9.76. The highest BCUT2D eigenvalue weighted by Crippen LogP contribution is 2.37. The van der Waals surface area contributed by atoms with E-state index in [2.05, 4.69) is 12.2 Å². The van der Waals surface area contributed by atoms with E-state index in [0.717, 1.165) is 31.7 Å². The topological polar surface area (TPSA) is 75.4 Å². The van der Waals surface area contributed by atoms with Crippen molar-refractivity contribution in [3.05, 3.63) is 34.1 Å². The van der Waals surface area contributed by atoms with Gasteiger partial charge in [-0.3, -0.25) is 10.1 Å². The Labute approximate surface area is 117 Å². The third-order valence-corrected chi connectivity index (χ3v) is 3.96. The second-order valence-electron chi connectivity index (χ2n) is 5.66. The normalized spacial score (nSPS) is 26.2. The molecule has 1 aromatic rings. The van der Waals surface area contributed by atoms with Crippen molar-refractivity contribution in [2.24, 2.45) is 5.92 Å². The number of anilines is 1. The first-order valence-corrected chi connectivity index (χ1v) is 6.79. The van der Waals surface area contributed by atoms with E-state index in [9.17, 15) is 19.6 Å². The standard InChI is InChI=1S/C14H19FN2O3/c1-10-4-3-7-14(8-10,9-18)16-12-6-2-5-11(15)13(12)17(19)20/h2,5-6,10,16,18H,3-4,7-9H2,1H3. The molecule has 0 aliphatic heterocycles. The maximum atomic E-state index is 13.6. The summed E-state index contributed by atoms with van der Waals surface area (Å²) in [6.45, 7) is 1.97. The number of nitro benzene ring substituents is 1. The molecule has 0 heterocycles. The minimum Gasteiger partial charge on any atom is -0.394 e. The third-order valence-electron chi connectivity index (χ3n) is 3.96. The molecule has 6 heteroatoms. The minimum atomic E-state index is -0.864. The molecule has 2 N–H and O–H groups in total. The Kier molecular flexibility index (Phi) is 4.23. The lowest BCUT2D eigenvalue weighted by Crippen LogP contribution is -2.46. The Morgan fingerprint density at radius 1 is 1.60 bits per heavy atom. The summed E-state index contributed by atoms with van der Waals surface area (Å²) >= 11 is 0. The number of nitro groups is 1. The first kappa shape index (κ1) is 14.7. The predicted molar refractivity (Wildman–Crippen MR) is 74.1 cm³/mol. The fourth-order valence-electron chi connectivity index (χ4n) is 3.04. The largest absolute Gasteiger partial charge is 0.394 e. The van der Waals surface area contributed by atoms with E-state index in [1.165, 1.54) is 12.1 Å². The van der Waals surface area contributed by atoms with Gasteiger partial charge >= 0.3 is 5.69 Å². The van der Waals surface area contributed by atoms with Crippen molar-refractivity contribution in [2.75, 3.05) is 11.9 Å². The van der Waals surface area contributed by atoms with Gasteiger partial charge < -0.3 is 10.4 Å². The minimum absolute atomic E-state index is 0.120. The Hall–Kier alpha value is -1.69. The van der Waals surface area contributed by atoms with Gasteiger partial charge in [0.15, 0.2) is 0 Å². The number of rotatable bonds is 4. The molecule has 1 aliphatic carbocycles. The maximum Gasteiger partial charge on any atom is 0.327 e. The van der Waals surface area contributed by atoms with E-state index in [4.69, 9.17) is 0 Å². The molecule has 0 aromatic heterocycles. The van der Waals surface area contributed by atoms with Crippen molar-refractivity contribution in [3.8, 4) is 0 Å². The first-order chi connectivity index (χ1) is 9.47. The highest BCUT2D eigenvalue weighted by molar-refractivity contribution is 5.63. The van der Waals surface area contributed by atoms with E-state index in [-0.39, 0.29) is 12.3 Å². The maximum absolute atomic E-state index is 13.6. The van der Waals surface area contributed by atoms with Crippen LogP contribution in [0.4, 0.5) is 15.8 Å². The second-order valence-corrected chi connectivity index (χ2v) is 5.66. The molecule has 2 unspecified atom stereocenters. The van der Waals surface area contributed by atoms with Crippen molar-refractivity contribution in [1.29, 1.82) is 0 Å². The van der Waals surface area contributed by atoms with Crippen LogP contribution in [0.1, 0.15) is 32.6 Å². The molecule has 2 atom stereocenters. The van der Waals surface area contributed by atoms with Gasteiger partial charge in [0, 0.05) is 0 Å². The van der Waals surface area contributed by atoms with Crippen LogP contribution in [0, 0.1) is 21.8 Å². The van der Waals surface area contributed by atoms with Gasteiger partial charge in [0.05, 0.1) is 17.1 Å². The van der Waals surface area contributed by atoms with Crippen molar-refractivity contribution >= 4 is 11.4 Å². The summed E-state index contributed by atoms with van der Waals surface area (Å²) in [6, 6.07) is 3.98. The van der Waals surface area contributed by atoms with Gasteiger partial charge in [0.1, 0.15) is 5.69 Å². The summed E-state index contributed by atoms with van der Waals surface area (Å²) in [5.74, 6) is -0.437. The summed E-state index contributed by atoms with van der Waals surface area (Å²) in [7, 11) is 0.